The largest absolute Gasteiger partial charge is 0.394 e. The molecule has 17 heavy (non-hydrogen) atoms. The number of benzene rings is 1. The number of rotatable bonds is 3. The Hall–Kier alpha value is -1.35. The van der Waals surface area contributed by atoms with Crippen LogP contribution in [0.1, 0.15) is 24.0 Å². The maximum Gasteiger partial charge on any atom is 0.227 e. The Labute approximate surface area is 102 Å². The zero-order chi connectivity index (χ0) is 12.3. The molecule has 1 aromatic rings. The van der Waals surface area contributed by atoms with Crippen molar-refractivity contribution in [1.29, 1.82) is 0 Å². The third kappa shape index (κ3) is 2.86. The zero-order valence-electron chi connectivity index (χ0n) is 10.2. The third-order valence-corrected chi connectivity index (χ3v) is 3.38. The summed E-state index contributed by atoms with van der Waals surface area (Å²) in [7, 11) is 0. The first-order chi connectivity index (χ1) is 8.20. The molecule has 0 spiro atoms. The van der Waals surface area contributed by atoms with Crippen molar-refractivity contribution in [3.63, 3.8) is 0 Å². The summed E-state index contributed by atoms with van der Waals surface area (Å²) < 4.78 is 0. The lowest BCUT2D eigenvalue weighted by molar-refractivity contribution is -0.131. The number of aliphatic hydroxyl groups excluding tert-OH is 1. The van der Waals surface area contributed by atoms with Crippen LogP contribution in [0.4, 0.5) is 0 Å². The van der Waals surface area contributed by atoms with Gasteiger partial charge in [0, 0.05) is 6.54 Å². The molecule has 0 bridgehead atoms. The monoisotopic (exact) mass is 233 g/mol. The van der Waals surface area contributed by atoms with Crippen LogP contribution in [0.15, 0.2) is 24.3 Å². The number of hydrogen-bond donors (Lipinski definition) is 1. The van der Waals surface area contributed by atoms with E-state index in [0.717, 1.165) is 24.9 Å². The van der Waals surface area contributed by atoms with Crippen molar-refractivity contribution in [2.75, 3.05) is 13.2 Å². The van der Waals surface area contributed by atoms with Crippen LogP contribution in [-0.4, -0.2) is 35.1 Å². The number of amides is 1. The molecule has 0 radical (unpaired) electrons. The molecule has 1 fully saturated rings. The normalized spacial score (nSPS) is 19.6. The Morgan fingerprint density at radius 3 is 2.76 bits per heavy atom. The van der Waals surface area contributed by atoms with E-state index in [0.29, 0.717) is 6.42 Å². The van der Waals surface area contributed by atoms with Gasteiger partial charge in [0.1, 0.15) is 0 Å². The molecule has 1 heterocycles. The van der Waals surface area contributed by atoms with Crippen LogP contribution in [0.2, 0.25) is 0 Å². The van der Waals surface area contributed by atoms with Crippen LogP contribution >= 0.6 is 0 Å². The Balaban J connectivity index is 1.99. The summed E-state index contributed by atoms with van der Waals surface area (Å²) in [6.07, 6.45) is 2.37. The highest BCUT2D eigenvalue weighted by molar-refractivity contribution is 5.79. The standard InChI is InChI=1S/C14H19NO2/c1-11-4-6-12(7-5-11)9-14(17)15-8-2-3-13(15)10-16/h4-7,13,16H,2-3,8-10H2,1H3. The highest BCUT2D eigenvalue weighted by atomic mass is 16.3. The molecule has 0 saturated carbocycles. The molecule has 1 aromatic carbocycles. The van der Waals surface area contributed by atoms with Crippen molar-refractivity contribution < 1.29 is 9.90 Å². The number of likely N-dealkylation sites (tertiary alicyclic amines) is 1. The molecule has 3 heteroatoms. The Morgan fingerprint density at radius 1 is 1.41 bits per heavy atom. The second-order valence-corrected chi connectivity index (χ2v) is 4.73. The van der Waals surface area contributed by atoms with Gasteiger partial charge in [-0.15, -0.1) is 0 Å². The van der Waals surface area contributed by atoms with E-state index < -0.39 is 0 Å². The first-order valence-corrected chi connectivity index (χ1v) is 6.16. The van der Waals surface area contributed by atoms with E-state index in [9.17, 15) is 9.90 Å². The Kier molecular flexibility index (Phi) is 3.79. The smallest absolute Gasteiger partial charge is 0.227 e. The quantitative estimate of drug-likeness (QED) is 0.860. The minimum atomic E-state index is 0.0351. The average molecular weight is 233 g/mol. The number of aliphatic hydroxyl groups is 1. The predicted octanol–water partition coefficient (Wildman–Crippen LogP) is 1.52. The minimum absolute atomic E-state index is 0.0351. The van der Waals surface area contributed by atoms with E-state index in [-0.39, 0.29) is 18.6 Å². The molecular formula is C14H19NO2. The molecule has 1 atom stereocenters. The molecule has 1 aliphatic heterocycles. The van der Waals surface area contributed by atoms with Crippen LogP contribution < -0.4 is 0 Å². The van der Waals surface area contributed by atoms with E-state index in [1.807, 2.05) is 36.1 Å². The van der Waals surface area contributed by atoms with E-state index >= 15 is 0 Å². The second kappa shape index (κ2) is 5.32. The van der Waals surface area contributed by atoms with Crippen molar-refractivity contribution in [2.24, 2.45) is 0 Å². The summed E-state index contributed by atoms with van der Waals surface area (Å²) in [5.74, 6) is 0.130. The van der Waals surface area contributed by atoms with Gasteiger partial charge in [-0.1, -0.05) is 29.8 Å². The van der Waals surface area contributed by atoms with Gasteiger partial charge in [-0.05, 0) is 25.3 Å². The van der Waals surface area contributed by atoms with Crippen LogP contribution in [-0.2, 0) is 11.2 Å². The highest BCUT2D eigenvalue weighted by Gasteiger charge is 2.27. The summed E-state index contributed by atoms with van der Waals surface area (Å²) in [6, 6.07) is 8.08. The van der Waals surface area contributed by atoms with Crippen LogP contribution in [0.5, 0.6) is 0 Å². The van der Waals surface area contributed by atoms with Crippen molar-refractivity contribution in [3.8, 4) is 0 Å². The van der Waals surface area contributed by atoms with Gasteiger partial charge in [0.2, 0.25) is 5.91 Å². The second-order valence-electron chi connectivity index (χ2n) is 4.73. The molecule has 3 nitrogen and oxygen atoms in total. The Bertz CT molecular complexity index is 386. The summed E-state index contributed by atoms with van der Waals surface area (Å²) >= 11 is 0. The van der Waals surface area contributed by atoms with Gasteiger partial charge in [0.25, 0.3) is 0 Å². The van der Waals surface area contributed by atoms with Crippen molar-refractivity contribution in [3.05, 3.63) is 35.4 Å². The topological polar surface area (TPSA) is 40.5 Å². The summed E-state index contributed by atoms with van der Waals surface area (Å²) in [5.41, 5.74) is 2.25. The van der Waals surface area contributed by atoms with Gasteiger partial charge in [0.15, 0.2) is 0 Å². The highest BCUT2D eigenvalue weighted by Crippen LogP contribution is 2.18. The van der Waals surface area contributed by atoms with Crippen LogP contribution in [0.25, 0.3) is 0 Å². The molecule has 1 saturated heterocycles. The van der Waals surface area contributed by atoms with Gasteiger partial charge in [-0.25, -0.2) is 0 Å². The lowest BCUT2D eigenvalue weighted by Gasteiger charge is -2.23. The summed E-state index contributed by atoms with van der Waals surface area (Å²) in [5, 5.41) is 9.19. The van der Waals surface area contributed by atoms with E-state index in [4.69, 9.17) is 0 Å². The molecule has 0 aliphatic carbocycles. The molecule has 1 unspecified atom stereocenters. The third-order valence-electron chi connectivity index (χ3n) is 3.38. The summed E-state index contributed by atoms with van der Waals surface area (Å²) in [6.45, 7) is 2.91. The lowest BCUT2D eigenvalue weighted by atomic mass is 10.1. The van der Waals surface area contributed by atoms with Gasteiger partial charge in [-0.3, -0.25) is 4.79 Å². The van der Waals surface area contributed by atoms with E-state index in [1.165, 1.54) is 5.56 Å². The van der Waals surface area contributed by atoms with Gasteiger partial charge >= 0.3 is 0 Å². The molecule has 1 aliphatic rings. The van der Waals surface area contributed by atoms with Crippen LogP contribution in [0, 0.1) is 6.92 Å². The maximum absolute atomic E-state index is 12.1. The van der Waals surface area contributed by atoms with Gasteiger partial charge in [0.05, 0.1) is 19.1 Å². The molecule has 1 N–H and O–H groups in total. The fourth-order valence-electron chi connectivity index (χ4n) is 2.34. The minimum Gasteiger partial charge on any atom is -0.394 e. The number of nitrogens with zero attached hydrogens (tertiary/aromatic N) is 1. The van der Waals surface area contributed by atoms with Crippen LogP contribution in [0.3, 0.4) is 0 Å². The maximum atomic E-state index is 12.1. The first kappa shape index (κ1) is 12.1. The van der Waals surface area contributed by atoms with Crippen molar-refractivity contribution >= 4 is 5.91 Å². The molecule has 92 valence electrons. The number of hydrogen-bond acceptors (Lipinski definition) is 2. The number of aryl methyl sites for hydroxylation is 1. The SMILES string of the molecule is Cc1ccc(CC(=O)N2CCCC2CO)cc1. The molecule has 1 amide bonds. The average Bonchev–Trinajstić information content (AvgIpc) is 2.80. The zero-order valence-corrected chi connectivity index (χ0v) is 10.2. The number of carbonyl (C=O) groups is 1. The lowest BCUT2D eigenvalue weighted by Crippen LogP contribution is -2.38. The fraction of sp³-hybridized carbons (Fsp3) is 0.500. The molecule has 2 rings (SSSR count). The first-order valence-electron chi connectivity index (χ1n) is 6.16. The van der Waals surface area contributed by atoms with Crippen molar-refractivity contribution in [2.45, 2.75) is 32.2 Å². The van der Waals surface area contributed by atoms with Gasteiger partial charge < -0.3 is 10.0 Å². The summed E-state index contributed by atoms with van der Waals surface area (Å²) in [4.78, 5) is 13.9. The van der Waals surface area contributed by atoms with Gasteiger partial charge in [-0.2, -0.15) is 0 Å². The molecular weight excluding hydrogens is 214 g/mol. The molecule has 0 aromatic heterocycles. The predicted molar refractivity (Wildman–Crippen MR) is 66.7 cm³/mol. The van der Waals surface area contributed by atoms with Crippen molar-refractivity contribution in [1.82, 2.24) is 4.90 Å². The Morgan fingerprint density at radius 2 is 2.12 bits per heavy atom. The van der Waals surface area contributed by atoms with E-state index in [2.05, 4.69) is 0 Å². The fourth-order valence-corrected chi connectivity index (χ4v) is 2.34. The van der Waals surface area contributed by atoms with E-state index in [1.54, 1.807) is 0 Å². The number of carbonyl (C=O) groups excluding carboxylic acids is 1.